The molecule has 5 rings (SSSR count). The van der Waals surface area contributed by atoms with Gasteiger partial charge in [0.15, 0.2) is 11.6 Å². The van der Waals surface area contributed by atoms with Gasteiger partial charge >= 0.3 is 0 Å². The molecule has 2 aromatic carbocycles. The van der Waals surface area contributed by atoms with Gasteiger partial charge in [0.05, 0.1) is 0 Å². The van der Waals surface area contributed by atoms with E-state index in [2.05, 4.69) is 20.8 Å². The summed E-state index contributed by atoms with van der Waals surface area (Å²) < 4.78 is 0. The molecule has 1 saturated carbocycles. The lowest BCUT2D eigenvalue weighted by atomic mass is 9.68. The summed E-state index contributed by atoms with van der Waals surface area (Å²) in [5, 5.41) is 10.5. The maximum atomic E-state index is 12.4. The van der Waals surface area contributed by atoms with Crippen LogP contribution in [0.2, 0.25) is 0 Å². The predicted molar refractivity (Wildman–Crippen MR) is 139 cm³/mol. The second kappa shape index (κ2) is 10.2. The minimum Gasteiger partial charge on any atom is -0.507 e. The van der Waals surface area contributed by atoms with Gasteiger partial charge in [-0.05, 0) is 61.5 Å². The first-order chi connectivity index (χ1) is 17.1. The molecule has 1 fully saturated rings. The highest BCUT2D eigenvalue weighted by Gasteiger charge is 2.36. The van der Waals surface area contributed by atoms with Gasteiger partial charge in [0.25, 0.3) is 0 Å². The molecule has 5 heteroatoms. The average molecular weight is 485 g/mol. The smallest absolute Gasteiger partial charge is 0.234 e. The number of hydrogen-bond acceptors (Lipinski definition) is 5. The van der Waals surface area contributed by atoms with Gasteiger partial charge < -0.3 is 5.11 Å². The van der Waals surface area contributed by atoms with E-state index in [9.17, 15) is 24.3 Å². The third-order valence-corrected chi connectivity index (χ3v) is 7.60. The van der Waals surface area contributed by atoms with Gasteiger partial charge in [0, 0.05) is 27.8 Å². The quantitative estimate of drug-likeness (QED) is 0.486. The first kappa shape index (κ1) is 25.5. The van der Waals surface area contributed by atoms with Crippen molar-refractivity contribution < 1.29 is 24.3 Å². The zero-order valence-electron chi connectivity index (χ0n) is 21.0. The maximum Gasteiger partial charge on any atom is 0.234 e. The molecule has 0 unspecified atom stereocenters. The van der Waals surface area contributed by atoms with E-state index in [1.807, 2.05) is 0 Å². The Morgan fingerprint density at radius 2 is 1.17 bits per heavy atom. The maximum absolute atomic E-state index is 12.4. The van der Waals surface area contributed by atoms with E-state index in [0.717, 1.165) is 25.7 Å². The fourth-order valence-corrected chi connectivity index (χ4v) is 5.37. The molecule has 5 nitrogen and oxygen atoms in total. The third kappa shape index (κ3) is 5.15. The minimum absolute atomic E-state index is 0.00754. The standard InChI is InChI=1S/C21H26O3.C10H6O2/c1-21(2,3)14-10-8-13(9-11-14)12-17-18(22)15-6-4-5-7-16(15)19(23)20(17)24;11-9-5-6-10(12)8-4-2-1-3-7(8)9/h4-7,13-14,22H,8-12H2,1-3H3;1-6H. The summed E-state index contributed by atoms with van der Waals surface area (Å²) >= 11 is 0. The van der Waals surface area contributed by atoms with Gasteiger partial charge in [-0.1, -0.05) is 69.3 Å². The van der Waals surface area contributed by atoms with Gasteiger partial charge in [-0.25, -0.2) is 0 Å². The number of Topliss-reactive ketones (excluding diaryl/α,β-unsaturated/α-hetero) is 2. The van der Waals surface area contributed by atoms with Gasteiger partial charge in [0.2, 0.25) is 11.6 Å². The monoisotopic (exact) mass is 484 g/mol. The molecular formula is C31H32O5. The van der Waals surface area contributed by atoms with Crippen molar-refractivity contribution in [2.45, 2.75) is 52.9 Å². The summed E-state index contributed by atoms with van der Waals surface area (Å²) in [5.41, 5.74) is 2.47. The first-order valence-corrected chi connectivity index (χ1v) is 12.5. The number of hydrogen-bond donors (Lipinski definition) is 1. The molecule has 0 bridgehead atoms. The predicted octanol–water partition coefficient (Wildman–Crippen LogP) is 6.59. The van der Waals surface area contributed by atoms with Crippen LogP contribution >= 0.6 is 0 Å². The molecule has 0 amide bonds. The highest BCUT2D eigenvalue weighted by atomic mass is 16.3. The summed E-state index contributed by atoms with van der Waals surface area (Å²) in [6.07, 6.45) is 7.56. The zero-order valence-corrected chi connectivity index (χ0v) is 21.0. The van der Waals surface area contributed by atoms with Crippen LogP contribution in [0.15, 0.2) is 66.3 Å². The number of fused-ring (bicyclic) bond motifs is 2. The summed E-state index contributed by atoms with van der Waals surface area (Å²) in [6, 6.07) is 13.7. The summed E-state index contributed by atoms with van der Waals surface area (Å²) in [6.45, 7) is 6.85. The molecule has 3 aliphatic carbocycles. The van der Waals surface area contributed by atoms with Crippen molar-refractivity contribution in [1.29, 1.82) is 0 Å². The molecule has 0 atom stereocenters. The van der Waals surface area contributed by atoms with Gasteiger partial charge in [0.1, 0.15) is 5.76 Å². The molecule has 0 heterocycles. The van der Waals surface area contributed by atoms with E-state index >= 15 is 0 Å². The molecule has 0 spiro atoms. The average Bonchev–Trinajstić information content (AvgIpc) is 2.88. The van der Waals surface area contributed by atoms with E-state index in [0.29, 0.717) is 51.5 Å². The number of rotatable bonds is 2. The first-order valence-electron chi connectivity index (χ1n) is 12.5. The van der Waals surface area contributed by atoms with Crippen LogP contribution in [0.5, 0.6) is 0 Å². The minimum atomic E-state index is -0.524. The molecule has 3 aliphatic rings. The number of ketones is 4. The molecule has 186 valence electrons. The number of aliphatic hydroxyl groups is 1. The van der Waals surface area contributed by atoms with Gasteiger partial charge in [-0.3, -0.25) is 19.2 Å². The Morgan fingerprint density at radius 1 is 0.694 bits per heavy atom. The fourth-order valence-electron chi connectivity index (χ4n) is 5.37. The van der Waals surface area contributed by atoms with Crippen LogP contribution < -0.4 is 0 Å². The second-order valence-corrected chi connectivity index (χ2v) is 10.9. The molecule has 0 aliphatic heterocycles. The Hall–Kier alpha value is -3.60. The molecule has 1 N–H and O–H groups in total. The molecule has 0 radical (unpaired) electrons. The lowest BCUT2D eigenvalue weighted by molar-refractivity contribution is -0.112. The van der Waals surface area contributed by atoms with E-state index in [-0.39, 0.29) is 17.3 Å². The van der Waals surface area contributed by atoms with Crippen molar-refractivity contribution in [2.24, 2.45) is 17.3 Å². The highest BCUT2D eigenvalue weighted by molar-refractivity contribution is 6.52. The molecule has 2 aromatic rings. The van der Waals surface area contributed by atoms with Crippen LogP contribution in [0, 0.1) is 17.3 Å². The van der Waals surface area contributed by atoms with Crippen molar-refractivity contribution in [1.82, 2.24) is 0 Å². The van der Waals surface area contributed by atoms with Crippen molar-refractivity contribution in [2.75, 3.05) is 0 Å². The summed E-state index contributed by atoms with van der Waals surface area (Å²) in [5.74, 6) is -0.0991. The molecule has 0 saturated heterocycles. The fraction of sp³-hybridized carbons (Fsp3) is 0.355. The zero-order chi connectivity index (χ0) is 26.0. The van der Waals surface area contributed by atoms with Crippen molar-refractivity contribution in [3.63, 3.8) is 0 Å². The number of benzene rings is 2. The van der Waals surface area contributed by atoms with Crippen LogP contribution in [0.4, 0.5) is 0 Å². The van der Waals surface area contributed by atoms with Crippen molar-refractivity contribution in [3.8, 4) is 0 Å². The third-order valence-electron chi connectivity index (χ3n) is 7.60. The van der Waals surface area contributed by atoms with E-state index < -0.39 is 11.6 Å². The lowest BCUT2D eigenvalue weighted by Crippen LogP contribution is -2.28. The molecular weight excluding hydrogens is 452 g/mol. The Labute approximate surface area is 211 Å². The number of carbonyl (C=O) groups excluding carboxylic acids is 4. The van der Waals surface area contributed by atoms with Crippen LogP contribution in [0.25, 0.3) is 5.76 Å². The van der Waals surface area contributed by atoms with Crippen LogP contribution in [0.3, 0.4) is 0 Å². The normalized spacial score (nSPS) is 21.5. The van der Waals surface area contributed by atoms with Crippen LogP contribution in [0.1, 0.15) is 89.5 Å². The number of aliphatic hydroxyl groups excluding tert-OH is 1. The lowest BCUT2D eigenvalue weighted by Gasteiger charge is -2.37. The van der Waals surface area contributed by atoms with E-state index in [1.165, 1.54) is 12.2 Å². The van der Waals surface area contributed by atoms with Crippen LogP contribution in [-0.2, 0) is 4.79 Å². The Kier molecular flexibility index (Phi) is 7.21. The summed E-state index contributed by atoms with van der Waals surface area (Å²) in [4.78, 5) is 47.1. The topological polar surface area (TPSA) is 88.5 Å². The molecule has 36 heavy (non-hydrogen) atoms. The number of allylic oxidation sites excluding steroid dienone is 3. The van der Waals surface area contributed by atoms with Gasteiger partial charge in [-0.2, -0.15) is 0 Å². The van der Waals surface area contributed by atoms with Crippen molar-refractivity contribution >= 4 is 28.9 Å². The van der Waals surface area contributed by atoms with E-state index in [1.54, 1.807) is 48.5 Å². The SMILES string of the molecule is CC(C)(C)C1CCC(CC2=C(O)c3ccccc3C(=O)C2=O)CC1.O=C1C=CC(=O)c2ccccc21. The largest absolute Gasteiger partial charge is 0.507 e. The molecule has 0 aromatic heterocycles. The van der Waals surface area contributed by atoms with E-state index in [4.69, 9.17) is 0 Å². The van der Waals surface area contributed by atoms with Crippen LogP contribution in [-0.4, -0.2) is 28.2 Å². The second-order valence-electron chi connectivity index (χ2n) is 10.9. The Balaban J connectivity index is 0.000000211. The Bertz CT molecular complexity index is 1240. The summed E-state index contributed by atoms with van der Waals surface area (Å²) in [7, 11) is 0. The Morgan fingerprint density at radius 3 is 1.67 bits per heavy atom. The number of carbonyl (C=O) groups is 4. The highest BCUT2D eigenvalue weighted by Crippen LogP contribution is 2.42. The van der Waals surface area contributed by atoms with Gasteiger partial charge in [-0.15, -0.1) is 0 Å². The van der Waals surface area contributed by atoms with Crippen molar-refractivity contribution in [3.05, 3.63) is 88.5 Å².